The van der Waals surface area contributed by atoms with Gasteiger partial charge in [0.05, 0.1) is 6.20 Å². The van der Waals surface area contributed by atoms with Crippen LogP contribution in [0.15, 0.2) is 79.3 Å². The maximum atomic E-state index is 12.7. The van der Waals surface area contributed by atoms with Gasteiger partial charge in [0.1, 0.15) is 5.60 Å². The molecule has 0 saturated carbocycles. The van der Waals surface area contributed by atoms with Crippen molar-refractivity contribution in [1.82, 2.24) is 19.5 Å². The molecule has 8 nitrogen and oxygen atoms in total. The molecule has 0 aliphatic carbocycles. The van der Waals surface area contributed by atoms with Crippen LogP contribution >= 0.6 is 0 Å². The number of nitrogen functional groups attached to an aromatic ring is 1. The van der Waals surface area contributed by atoms with Crippen LogP contribution < -0.4 is 10.6 Å². The number of rotatable bonds is 3. The Hall–Kier alpha value is -4.59. The minimum absolute atomic E-state index is 0.153. The van der Waals surface area contributed by atoms with Crippen LogP contribution in [-0.4, -0.2) is 56.4 Å². The largest absolute Gasteiger partial charge is 0.444 e. The van der Waals surface area contributed by atoms with Crippen LogP contribution in [0, 0.1) is 0 Å². The third kappa shape index (κ3) is 5.17. The highest BCUT2D eigenvalue weighted by molar-refractivity contribution is 6.01. The van der Waals surface area contributed by atoms with Crippen LogP contribution in [0.4, 0.5) is 16.2 Å². The van der Waals surface area contributed by atoms with Crippen molar-refractivity contribution in [1.29, 1.82) is 0 Å². The van der Waals surface area contributed by atoms with Gasteiger partial charge in [-0.1, -0.05) is 36.4 Å². The summed E-state index contributed by atoms with van der Waals surface area (Å²) in [7, 11) is 0. The Morgan fingerprint density at radius 1 is 0.927 bits per heavy atom. The molecular formula is C33H36N6O2. The molecule has 1 aliphatic rings. The van der Waals surface area contributed by atoms with Crippen molar-refractivity contribution < 1.29 is 9.53 Å². The standard InChI is InChI=1S/C33H36N6O2/c1-21-18-37(32(40)41-33(3,4)5)19-22(2)39(21)27-12-10-23(11-13-27)25-16-35-31-30(17-36-38(31)20-25)29-15-26(34)14-24-8-6-7-9-28(24)29/h6-17,20-22H,18-19,34H2,1-5H3. The van der Waals surface area contributed by atoms with Gasteiger partial charge in [0.15, 0.2) is 5.65 Å². The number of hydrogen-bond acceptors (Lipinski definition) is 6. The van der Waals surface area contributed by atoms with E-state index in [1.165, 1.54) is 0 Å². The summed E-state index contributed by atoms with van der Waals surface area (Å²) in [5.41, 5.74) is 12.4. The van der Waals surface area contributed by atoms with Crippen LogP contribution in [0.2, 0.25) is 0 Å². The first kappa shape index (κ1) is 26.6. The van der Waals surface area contributed by atoms with Gasteiger partial charge >= 0.3 is 6.09 Å². The van der Waals surface area contributed by atoms with Crippen molar-refractivity contribution in [2.75, 3.05) is 23.7 Å². The summed E-state index contributed by atoms with van der Waals surface area (Å²) in [4.78, 5) is 21.7. The Bertz CT molecular complexity index is 1730. The van der Waals surface area contributed by atoms with Crippen molar-refractivity contribution in [3.8, 4) is 22.3 Å². The molecule has 2 aromatic heterocycles. The Labute approximate surface area is 240 Å². The van der Waals surface area contributed by atoms with Gasteiger partial charge in [-0.25, -0.2) is 14.3 Å². The number of nitrogens with two attached hydrogens (primary N) is 1. The van der Waals surface area contributed by atoms with Crippen molar-refractivity contribution in [2.24, 2.45) is 0 Å². The van der Waals surface area contributed by atoms with Gasteiger partial charge in [-0.05, 0) is 80.8 Å². The number of aromatic nitrogens is 3. The molecular weight excluding hydrogens is 512 g/mol. The second kappa shape index (κ2) is 10.1. The average molecular weight is 549 g/mol. The second-order valence-electron chi connectivity index (χ2n) is 12.0. The van der Waals surface area contributed by atoms with E-state index in [9.17, 15) is 4.79 Å². The van der Waals surface area contributed by atoms with Gasteiger partial charge in [-0.2, -0.15) is 5.10 Å². The van der Waals surface area contributed by atoms with Gasteiger partial charge in [-0.3, -0.25) is 0 Å². The van der Waals surface area contributed by atoms with Gasteiger partial charge in [0.2, 0.25) is 0 Å². The Morgan fingerprint density at radius 3 is 2.34 bits per heavy atom. The number of fused-ring (bicyclic) bond motifs is 2. The highest BCUT2D eigenvalue weighted by Gasteiger charge is 2.34. The molecule has 0 radical (unpaired) electrons. The fourth-order valence-corrected chi connectivity index (χ4v) is 5.90. The molecule has 2 unspecified atom stereocenters. The maximum absolute atomic E-state index is 12.7. The minimum Gasteiger partial charge on any atom is -0.444 e. The zero-order chi connectivity index (χ0) is 28.9. The highest BCUT2D eigenvalue weighted by atomic mass is 16.6. The number of benzene rings is 3. The number of ether oxygens (including phenoxy) is 1. The molecule has 1 fully saturated rings. The fourth-order valence-electron chi connectivity index (χ4n) is 5.90. The lowest BCUT2D eigenvalue weighted by Crippen LogP contribution is -2.58. The van der Waals surface area contributed by atoms with E-state index in [-0.39, 0.29) is 18.2 Å². The summed E-state index contributed by atoms with van der Waals surface area (Å²) < 4.78 is 7.44. The van der Waals surface area contributed by atoms with Crippen molar-refractivity contribution >= 4 is 33.9 Å². The lowest BCUT2D eigenvalue weighted by atomic mass is 9.99. The number of anilines is 2. The van der Waals surface area contributed by atoms with Crippen LogP contribution in [-0.2, 0) is 4.74 Å². The molecule has 2 atom stereocenters. The fraction of sp³-hybridized carbons (Fsp3) is 0.303. The number of hydrogen-bond donors (Lipinski definition) is 1. The lowest BCUT2D eigenvalue weighted by Gasteiger charge is -2.45. The Morgan fingerprint density at radius 2 is 1.63 bits per heavy atom. The van der Waals surface area contributed by atoms with E-state index in [1.54, 1.807) is 0 Å². The third-order valence-corrected chi connectivity index (χ3v) is 7.60. The summed E-state index contributed by atoms with van der Waals surface area (Å²) in [6, 6.07) is 21.0. The van der Waals surface area contributed by atoms with Crippen molar-refractivity contribution in [2.45, 2.75) is 52.3 Å². The Balaban J connectivity index is 1.23. The lowest BCUT2D eigenvalue weighted by molar-refractivity contribution is 0.0193. The first-order valence-electron chi connectivity index (χ1n) is 14.1. The molecule has 6 rings (SSSR count). The van der Waals surface area contributed by atoms with Crippen LogP contribution in [0.1, 0.15) is 34.6 Å². The first-order chi connectivity index (χ1) is 19.6. The van der Waals surface area contributed by atoms with Gasteiger partial charge in [0, 0.05) is 60.1 Å². The Kier molecular flexibility index (Phi) is 6.56. The zero-order valence-electron chi connectivity index (χ0n) is 24.2. The molecule has 5 aromatic rings. The number of carbonyl (C=O) groups is 1. The van der Waals surface area contributed by atoms with E-state index >= 15 is 0 Å². The molecule has 3 heterocycles. The molecule has 1 amide bonds. The van der Waals surface area contributed by atoms with Gasteiger partial charge in [0.25, 0.3) is 0 Å². The molecule has 0 bridgehead atoms. The van der Waals surface area contributed by atoms with Gasteiger partial charge in [-0.15, -0.1) is 0 Å². The summed E-state index contributed by atoms with van der Waals surface area (Å²) in [5, 5.41) is 6.84. The number of amides is 1. The molecule has 210 valence electrons. The van der Waals surface area contributed by atoms with Crippen LogP contribution in [0.3, 0.4) is 0 Å². The van der Waals surface area contributed by atoms with E-state index < -0.39 is 5.60 Å². The normalized spacial score (nSPS) is 17.8. The summed E-state index contributed by atoms with van der Waals surface area (Å²) in [5.74, 6) is 0. The molecule has 8 heteroatoms. The predicted molar refractivity (Wildman–Crippen MR) is 165 cm³/mol. The summed E-state index contributed by atoms with van der Waals surface area (Å²) in [6.45, 7) is 11.2. The average Bonchev–Trinajstić information content (AvgIpc) is 3.35. The molecule has 0 spiro atoms. The zero-order valence-corrected chi connectivity index (χ0v) is 24.2. The highest BCUT2D eigenvalue weighted by Crippen LogP contribution is 2.34. The van der Waals surface area contributed by atoms with Crippen LogP contribution in [0.25, 0.3) is 38.7 Å². The SMILES string of the molecule is CC1CN(C(=O)OC(C)(C)C)CC(C)N1c1ccc(-c2cnc3c(-c4cc(N)cc5ccccc45)cnn3c2)cc1. The monoisotopic (exact) mass is 548 g/mol. The molecule has 41 heavy (non-hydrogen) atoms. The topological polar surface area (TPSA) is 89.0 Å². The minimum atomic E-state index is -0.504. The number of carbonyl (C=O) groups excluding carboxylic acids is 1. The molecule has 1 aliphatic heterocycles. The van der Waals surface area contributed by atoms with Crippen LogP contribution in [0.5, 0.6) is 0 Å². The first-order valence-corrected chi connectivity index (χ1v) is 14.1. The number of nitrogens with zero attached hydrogens (tertiary/aromatic N) is 5. The quantitative estimate of drug-likeness (QED) is 0.255. The smallest absolute Gasteiger partial charge is 0.410 e. The molecule has 2 N–H and O–H groups in total. The van der Waals surface area contributed by atoms with Crippen molar-refractivity contribution in [3.05, 3.63) is 79.3 Å². The second-order valence-corrected chi connectivity index (χ2v) is 12.0. The van der Waals surface area contributed by atoms with E-state index in [2.05, 4.69) is 60.2 Å². The van der Waals surface area contributed by atoms with E-state index in [4.69, 9.17) is 15.5 Å². The molecule has 3 aromatic carbocycles. The third-order valence-electron chi connectivity index (χ3n) is 7.60. The molecule has 1 saturated heterocycles. The predicted octanol–water partition coefficient (Wildman–Crippen LogP) is 6.63. The summed E-state index contributed by atoms with van der Waals surface area (Å²) in [6.07, 6.45) is 5.52. The van der Waals surface area contributed by atoms with E-state index in [0.717, 1.165) is 44.4 Å². The van der Waals surface area contributed by atoms with Crippen molar-refractivity contribution in [3.63, 3.8) is 0 Å². The number of piperazine rings is 1. The van der Waals surface area contributed by atoms with Gasteiger partial charge < -0.3 is 20.3 Å². The van der Waals surface area contributed by atoms with E-state index in [1.807, 2.05) is 73.0 Å². The maximum Gasteiger partial charge on any atom is 0.410 e. The van der Waals surface area contributed by atoms with E-state index in [0.29, 0.717) is 18.8 Å². The summed E-state index contributed by atoms with van der Waals surface area (Å²) >= 11 is 0.